The van der Waals surface area contributed by atoms with E-state index in [1.54, 1.807) is 6.07 Å². The fourth-order valence-electron chi connectivity index (χ4n) is 2.02. The highest BCUT2D eigenvalue weighted by molar-refractivity contribution is 5.22. The molecule has 1 aliphatic carbocycles. The molecule has 0 unspecified atom stereocenters. The summed E-state index contributed by atoms with van der Waals surface area (Å²) >= 11 is 0. The van der Waals surface area contributed by atoms with Gasteiger partial charge < -0.3 is 0 Å². The average molecular weight is 291 g/mol. The van der Waals surface area contributed by atoms with Gasteiger partial charge in [0.25, 0.3) is 6.43 Å². The molecule has 1 heterocycles. The van der Waals surface area contributed by atoms with E-state index < -0.39 is 29.8 Å². The Balaban J connectivity index is 2.16. The lowest BCUT2D eigenvalue weighted by Gasteiger charge is -2.21. The summed E-state index contributed by atoms with van der Waals surface area (Å²) in [6, 6.07) is 1.77. The van der Waals surface area contributed by atoms with Crippen molar-refractivity contribution in [3.8, 4) is 6.07 Å². The molecule has 0 amide bonds. The quantitative estimate of drug-likeness (QED) is 0.794. The minimum Gasteiger partial charge on any atom is -0.236 e. The highest BCUT2D eigenvalue weighted by Gasteiger charge is 2.63. The fourth-order valence-corrected chi connectivity index (χ4v) is 2.02. The number of halogens is 5. The van der Waals surface area contributed by atoms with Crippen LogP contribution >= 0.6 is 0 Å². The number of nitrogens with zero attached hydrogens (tertiary/aromatic N) is 3. The summed E-state index contributed by atoms with van der Waals surface area (Å²) in [4.78, 5) is 6.73. The predicted molar refractivity (Wildman–Crippen MR) is 57.7 cm³/mol. The molecule has 108 valence electrons. The summed E-state index contributed by atoms with van der Waals surface area (Å²) in [6.45, 7) is 0. The van der Waals surface area contributed by atoms with E-state index >= 15 is 0 Å². The largest absolute Gasteiger partial charge is 0.394 e. The molecular formula is C12H10F5N3. The summed E-state index contributed by atoms with van der Waals surface area (Å²) < 4.78 is 63.1. The smallest absolute Gasteiger partial charge is 0.236 e. The van der Waals surface area contributed by atoms with Gasteiger partial charge in [0.05, 0.1) is 17.4 Å². The Bertz CT molecular complexity index is 513. The molecule has 1 aromatic rings. The van der Waals surface area contributed by atoms with E-state index in [-0.39, 0.29) is 24.8 Å². The van der Waals surface area contributed by atoms with E-state index in [2.05, 4.69) is 9.97 Å². The molecule has 3 nitrogen and oxygen atoms in total. The molecule has 1 aliphatic rings. The molecule has 8 heteroatoms. The van der Waals surface area contributed by atoms with Crippen LogP contribution in [0.4, 0.5) is 22.0 Å². The number of hydrogen-bond acceptors (Lipinski definition) is 3. The molecule has 0 N–H and O–H groups in total. The number of rotatable bonds is 4. The summed E-state index contributed by atoms with van der Waals surface area (Å²) in [7, 11) is 0. The Labute approximate surface area is 111 Å². The van der Waals surface area contributed by atoms with Crippen molar-refractivity contribution in [1.29, 1.82) is 5.26 Å². The van der Waals surface area contributed by atoms with Crippen LogP contribution in [0, 0.1) is 16.7 Å². The van der Waals surface area contributed by atoms with Gasteiger partial charge in [-0.05, 0) is 19.3 Å². The first-order valence-corrected chi connectivity index (χ1v) is 5.85. The van der Waals surface area contributed by atoms with Gasteiger partial charge in [0.1, 0.15) is 0 Å². The van der Waals surface area contributed by atoms with Crippen molar-refractivity contribution >= 4 is 0 Å². The molecule has 0 aromatic carbocycles. The normalized spacial score (nSPS) is 18.6. The van der Waals surface area contributed by atoms with Gasteiger partial charge >= 0.3 is 6.18 Å². The van der Waals surface area contributed by atoms with Gasteiger partial charge in [-0.1, -0.05) is 0 Å². The van der Waals surface area contributed by atoms with Crippen LogP contribution in [0.2, 0.25) is 0 Å². The molecule has 1 atom stereocenters. The van der Waals surface area contributed by atoms with Crippen molar-refractivity contribution in [1.82, 2.24) is 9.97 Å². The Morgan fingerprint density at radius 2 is 1.80 bits per heavy atom. The minimum atomic E-state index is -4.36. The van der Waals surface area contributed by atoms with Gasteiger partial charge in [-0.3, -0.25) is 0 Å². The number of nitriles is 1. The van der Waals surface area contributed by atoms with Crippen LogP contribution in [-0.2, 0) is 0 Å². The molecule has 0 radical (unpaired) electrons. The highest BCUT2D eigenvalue weighted by atomic mass is 19.4. The van der Waals surface area contributed by atoms with E-state index in [1.807, 2.05) is 0 Å². The van der Waals surface area contributed by atoms with Crippen molar-refractivity contribution in [3.63, 3.8) is 0 Å². The number of hydrogen-bond donors (Lipinski definition) is 0. The van der Waals surface area contributed by atoms with Crippen molar-refractivity contribution in [2.45, 2.75) is 37.8 Å². The molecule has 0 spiro atoms. The molecule has 1 aromatic heterocycles. The van der Waals surface area contributed by atoms with Crippen LogP contribution in [0.5, 0.6) is 0 Å². The molecule has 20 heavy (non-hydrogen) atoms. The van der Waals surface area contributed by atoms with E-state index in [1.165, 1.54) is 0 Å². The van der Waals surface area contributed by atoms with Crippen molar-refractivity contribution in [2.24, 2.45) is 5.41 Å². The Morgan fingerprint density at radius 1 is 1.25 bits per heavy atom. The minimum absolute atomic E-state index is 0.00927. The summed E-state index contributed by atoms with van der Waals surface area (Å²) in [6.07, 6.45) is -5.62. The third-order valence-corrected chi connectivity index (χ3v) is 3.49. The number of aromatic nitrogens is 2. The summed E-state index contributed by atoms with van der Waals surface area (Å²) in [5, 5.41) is 8.99. The van der Waals surface area contributed by atoms with Gasteiger partial charge in [-0.25, -0.2) is 18.7 Å². The van der Waals surface area contributed by atoms with Crippen LogP contribution in [0.3, 0.4) is 0 Å². The van der Waals surface area contributed by atoms with Crippen molar-refractivity contribution in [2.75, 3.05) is 0 Å². The molecule has 1 saturated carbocycles. The zero-order valence-corrected chi connectivity index (χ0v) is 10.2. The lowest BCUT2D eigenvalue weighted by molar-refractivity contribution is -0.189. The lowest BCUT2D eigenvalue weighted by atomic mass is 9.88. The number of alkyl halides is 5. The summed E-state index contributed by atoms with van der Waals surface area (Å²) in [5.41, 5.74) is -1.69. The molecule has 1 fully saturated rings. The first kappa shape index (κ1) is 14.6. The van der Waals surface area contributed by atoms with Crippen LogP contribution in [-0.4, -0.2) is 16.1 Å². The zero-order valence-electron chi connectivity index (χ0n) is 10.2. The Hall–Kier alpha value is -1.78. The second-order valence-corrected chi connectivity index (χ2v) is 4.84. The first-order chi connectivity index (χ1) is 9.29. The molecule has 2 rings (SSSR count). The highest BCUT2D eigenvalue weighted by Crippen LogP contribution is 2.61. The summed E-state index contributed by atoms with van der Waals surface area (Å²) in [5.74, 6) is -1.76. The van der Waals surface area contributed by atoms with Crippen molar-refractivity contribution in [3.05, 3.63) is 23.8 Å². The Kier molecular flexibility index (Phi) is 3.63. The van der Waals surface area contributed by atoms with Crippen LogP contribution in [0.1, 0.15) is 43.0 Å². The third kappa shape index (κ3) is 2.71. The lowest BCUT2D eigenvalue weighted by Crippen LogP contribution is -2.26. The predicted octanol–water partition coefficient (Wildman–Crippen LogP) is 3.75. The molecular weight excluding hydrogens is 281 g/mol. The van der Waals surface area contributed by atoms with E-state index in [0.29, 0.717) is 0 Å². The Morgan fingerprint density at radius 3 is 2.15 bits per heavy atom. The zero-order chi connectivity index (χ0) is 15.0. The average Bonchev–Trinajstić information content (AvgIpc) is 3.16. The second-order valence-electron chi connectivity index (χ2n) is 4.84. The molecule has 0 bridgehead atoms. The van der Waals surface area contributed by atoms with Gasteiger partial charge in [-0.2, -0.15) is 18.4 Å². The monoisotopic (exact) mass is 291 g/mol. The standard InChI is InChI=1S/C12H10F5N3/c13-9(14)10-19-5-8(6-20-10)7(4-18)3-11(1-2-11)12(15,16)17/h5-7,9H,1-3H2/t7-/m1/s1. The van der Waals surface area contributed by atoms with E-state index in [4.69, 9.17) is 5.26 Å². The van der Waals surface area contributed by atoms with Crippen LogP contribution in [0.15, 0.2) is 12.4 Å². The molecule has 0 saturated heterocycles. The molecule has 0 aliphatic heterocycles. The van der Waals surface area contributed by atoms with Gasteiger partial charge in [0, 0.05) is 18.0 Å². The first-order valence-electron chi connectivity index (χ1n) is 5.85. The van der Waals surface area contributed by atoms with Crippen LogP contribution in [0.25, 0.3) is 0 Å². The fraction of sp³-hybridized carbons (Fsp3) is 0.583. The van der Waals surface area contributed by atoms with E-state index in [0.717, 1.165) is 12.4 Å². The topological polar surface area (TPSA) is 49.6 Å². The van der Waals surface area contributed by atoms with Crippen LogP contribution < -0.4 is 0 Å². The maximum absolute atomic E-state index is 12.8. The van der Waals surface area contributed by atoms with Gasteiger partial charge in [-0.15, -0.1) is 0 Å². The maximum Gasteiger partial charge on any atom is 0.394 e. The maximum atomic E-state index is 12.8. The van der Waals surface area contributed by atoms with E-state index in [9.17, 15) is 22.0 Å². The third-order valence-electron chi connectivity index (χ3n) is 3.49. The van der Waals surface area contributed by atoms with Crippen molar-refractivity contribution < 1.29 is 22.0 Å². The van der Waals surface area contributed by atoms with Gasteiger partial charge in [0.2, 0.25) is 0 Å². The second kappa shape index (κ2) is 4.96. The van der Waals surface area contributed by atoms with Gasteiger partial charge in [0.15, 0.2) is 5.82 Å². The SMILES string of the molecule is N#C[C@@H](CC1(C(F)(F)F)CC1)c1cnc(C(F)F)nc1.